The Hall–Kier alpha value is -2.33. The molecule has 0 aliphatic carbocycles. The van der Waals surface area contributed by atoms with E-state index in [4.69, 9.17) is 4.74 Å². The molecule has 2 unspecified atom stereocenters. The standard InChI is InChI=1S/C21H25NO3/c1-14-10-11-16(15(2)13-14)20(17-7-4-5-9-19(17)25-3)22-12-6-8-18(22)21(23)24/h4-5,7,9-11,13,18,20H,6,8,12H2,1-3H3,(H,23,24). The summed E-state index contributed by atoms with van der Waals surface area (Å²) in [5.41, 5.74) is 4.54. The van der Waals surface area contributed by atoms with Gasteiger partial charge in [-0.15, -0.1) is 0 Å². The minimum absolute atomic E-state index is 0.125. The van der Waals surface area contributed by atoms with Crippen LogP contribution in [0.2, 0.25) is 0 Å². The van der Waals surface area contributed by atoms with Gasteiger partial charge in [-0.2, -0.15) is 0 Å². The number of para-hydroxylation sites is 1. The zero-order chi connectivity index (χ0) is 18.0. The molecule has 2 atom stereocenters. The third kappa shape index (κ3) is 3.40. The third-order valence-electron chi connectivity index (χ3n) is 5.06. The Morgan fingerprint density at radius 3 is 2.64 bits per heavy atom. The number of carbonyl (C=O) groups is 1. The molecule has 2 aromatic carbocycles. The van der Waals surface area contributed by atoms with Crippen LogP contribution in [0, 0.1) is 13.8 Å². The molecule has 4 nitrogen and oxygen atoms in total. The van der Waals surface area contributed by atoms with E-state index in [1.807, 2.05) is 24.3 Å². The van der Waals surface area contributed by atoms with Gasteiger partial charge >= 0.3 is 5.97 Å². The van der Waals surface area contributed by atoms with Crippen molar-refractivity contribution in [3.05, 3.63) is 64.7 Å². The summed E-state index contributed by atoms with van der Waals surface area (Å²) in [6, 6.07) is 13.7. The molecule has 1 saturated heterocycles. The van der Waals surface area contributed by atoms with Crippen LogP contribution in [0.4, 0.5) is 0 Å². The predicted octanol–water partition coefficient (Wildman–Crippen LogP) is 3.95. The van der Waals surface area contributed by atoms with Crippen LogP contribution in [0.25, 0.3) is 0 Å². The van der Waals surface area contributed by atoms with E-state index in [-0.39, 0.29) is 6.04 Å². The number of carboxylic acid groups (broad SMARTS) is 1. The largest absolute Gasteiger partial charge is 0.496 e. The summed E-state index contributed by atoms with van der Waals surface area (Å²) in [5, 5.41) is 9.69. The first-order valence-corrected chi connectivity index (χ1v) is 8.71. The third-order valence-corrected chi connectivity index (χ3v) is 5.06. The number of nitrogens with zero attached hydrogens (tertiary/aromatic N) is 1. The number of hydrogen-bond donors (Lipinski definition) is 1. The zero-order valence-corrected chi connectivity index (χ0v) is 15.0. The normalized spacial score (nSPS) is 18.9. The maximum absolute atomic E-state index is 11.8. The van der Waals surface area contributed by atoms with Crippen LogP contribution in [0.1, 0.15) is 41.1 Å². The van der Waals surface area contributed by atoms with Gasteiger partial charge in [-0.3, -0.25) is 9.69 Å². The highest BCUT2D eigenvalue weighted by atomic mass is 16.5. The van der Waals surface area contributed by atoms with Gasteiger partial charge in [-0.25, -0.2) is 0 Å². The quantitative estimate of drug-likeness (QED) is 0.896. The molecule has 0 saturated carbocycles. The molecular formula is C21H25NO3. The maximum atomic E-state index is 11.8. The van der Waals surface area contributed by atoms with Gasteiger partial charge in [0.15, 0.2) is 0 Å². The summed E-state index contributed by atoms with van der Waals surface area (Å²) >= 11 is 0. The molecule has 1 aliphatic heterocycles. The molecule has 4 heteroatoms. The van der Waals surface area contributed by atoms with Crippen LogP contribution in [0.3, 0.4) is 0 Å². The van der Waals surface area contributed by atoms with Crippen molar-refractivity contribution in [2.75, 3.05) is 13.7 Å². The first-order valence-electron chi connectivity index (χ1n) is 8.71. The topological polar surface area (TPSA) is 49.8 Å². The van der Waals surface area contributed by atoms with Crippen LogP contribution in [-0.2, 0) is 4.79 Å². The number of aryl methyl sites for hydroxylation is 2. The minimum atomic E-state index is -0.748. The van der Waals surface area contributed by atoms with Gasteiger partial charge in [0, 0.05) is 12.1 Å². The van der Waals surface area contributed by atoms with E-state index in [0.717, 1.165) is 29.8 Å². The van der Waals surface area contributed by atoms with Gasteiger partial charge in [0.2, 0.25) is 0 Å². The number of carboxylic acids is 1. The lowest BCUT2D eigenvalue weighted by molar-refractivity contribution is -0.142. The Bertz CT molecular complexity index is 771. The number of rotatable bonds is 5. The molecule has 0 spiro atoms. The fourth-order valence-electron chi connectivity index (χ4n) is 3.91. The smallest absolute Gasteiger partial charge is 0.320 e. The molecule has 1 fully saturated rings. The van der Waals surface area contributed by atoms with Gasteiger partial charge in [-0.05, 0) is 43.9 Å². The number of likely N-dealkylation sites (tertiary alicyclic amines) is 1. The number of benzene rings is 2. The fourth-order valence-corrected chi connectivity index (χ4v) is 3.91. The SMILES string of the molecule is COc1ccccc1C(c1ccc(C)cc1C)N1CCCC1C(=O)O. The molecule has 1 aliphatic rings. The molecule has 1 heterocycles. The van der Waals surface area contributed by atoms with Crippen LogP contribution < -0.4 is 4.74 Å². The lowest BCUT2D eigenvalue weighted by Gasteiger charge is -2.33. The molecule has 0 amide bonds. The highest BCUT2D eigenvalue weighted by Crippen LogP contribution is 2.40. The van der Waals surface area contributed by atoms with E-state index in [0.29, 0.717) is 6.42 Å². The molecule has 3 rings (SSSR count). The molecule has 0 radical (unpaired) electrons. The van der Waals surface area contributed by atoms with Crippen molar-refractivity contribution in [1.82, 2.24) is 4.90 Å². The monoisotopic (exact) mass is 339 g/mol. The number of aliphatic carboxylic acids is 1. The van der Waals surface area contributed by atoms with Crippen molar-refractivity contribution in [3.63, 3.8) is 0 Å². The second-order valence-electron chi connectivity index (χ2n) is 6.74. The number of methoxy groups -OCH3 is 1. The van der Waals surface area contributed by atoms with E-state index in [9.17, 15) is 9.90 Å². The molecule has 25 heavy (non-hydrogen) atoms. The van der Waals surface area contributed by atoms with Crippen molar-refractivity contribution in [2.24, 2.45) is 0 Å². The lowest BCUT2D eigenvalue weighted by atomic mass is 9.91. The van der Waals surface area contributed by atoms with E-state index in [1.54, 1.807) is 7.11 Å². The second kappa shape index (κ2) is 7.28. The molecule has 0 aromatic heterocycles. The Kier molecular flexibility index (Phi) is 5.09. The Morgan fingerprint density at radius 1 is 1.20 bits per heavy atom. The van der Waals surface area contributed by atoms with Crippen molar-refractivity contribution >= 4 is 5.97 Å². The van der Waals surface area contributed by atoms with E-state index in [2.05, 4.69) is 36.9 Å². The van der Waals surface area contributed by atoms with Gasteiger partial charge in [-0.1, -0.05) is 42.0 Å². The molecule has 132 valence electrons. The number of hydrogen-bond acceptors (Lipinski definition) is 3. The van der Waals surface area contributed by atoms with Gasteiger partial charge in [0.05, 0.1) is 13.2 Å². The molecule has 0 bridgehead atoms. The first kappa shape index (κ1) is 17.5. The van der Waals surface area contributed by atoms with Gasteiger partial charge in [0.25, 0.3) is 0 Å². The Morgan fingerprint density at radius 2 is 1.96 bits per heavy atom. The summed E-state index contributed by atoms with van der Waals surface area (Å²) in [6.07, 6.45) is 1.58. The summed E-state index contributed by atoms with van der Waals surface area (Å²) < 4.78 is 5.59. The lowest BCUT2D eigenvalue weighted by Crippen LogP contribution is -2.39. The predicted molar refractivity (Wildman–Crippen MR) is 98.1 cm³/mol. The summed E-state index contributed by atoms with van der Waals surface area (Å²) in [4.78, 5) is 13.9. The average Bonchev–Trinajstić information content (AvgIpc) is 3.07. The molecule has 1 N–H and O–H groups in total. The van der Waals surface area contributed by atoms with Crippen molar-refractivity contribution in [1.29, 1.82) is 0 Å². The summed E-state index contributed by atoms with van der Waals surface area (Å²) in [6.45, 7) is 4.94. The van der Waals surface area contributed by atoms with Crippen LogP contribution in [-0.4, -0.2) is 35.7 Å². The second-order valence-corrected chi connectivity index (χ2v) is 6.74. The minimum Gasteiger partial charge on any atom is -0.496 e. The van der Waals surface area contributed by atoms with Gasteiger partial charge < -0.3 is 9.84 Å². The highest BCUT2D eigenvalue weighted by Gasteiger charge is 2.38. The summed E-state index contributed by atoms with van der Waals surface area (Å²) in [7, 11) is 1.66. The van der Waals surface area contributed by atoms with Crippen LogP contribution >= 0.6 is 0 Å². The van der Waals surface area contributed by atoms with E-state index in [1.165, 1.54) is 11.1 Å². The molecule has 2 aromatic rings. The zero-order valence-electron chi connectivity index (χ0n) is 15.0. The van der Waals surface area contributed by atoms with E-state index >= 15 is 0 Å². The van der Waals surface area contributed by atoms with E-state index < -0.39 is 12.0 Å². The Labute approximate surface area is 149 Å². The highest BCUT2D eigenvalue weighted by molar-refractivity contribution is 5.74. The molecular weight excluding hydrogens is 314 g/mol. The fraction of sp³-hybridized carbons (Fsp3) is 0.381. The average molecular weight is 339 g/mol. The van der Waals surface area contributed by atoms with Gasteiger partial charge in [0.1, 0.15) is 11.8 Å². The Balaban J connectivity index is 2.16. The van der Waals surface area contributed by atoms with Crippen molar-refractivity contribution in [2.45, 2.75) is 38.8 Å². The van der Waals surface area contributed by atoms with Crippen LogP contribution in [0.15, 0.2) is 42.5 Å². The maximum Gasteiger partial charge on any atom is 0.320 e. The van der Waals surface area contributed by atoms with Crippen LogP contribution in [0.5, 0.6) is 5.75 Å². The first-order chi connectivity index (χ1) is 12.0. The van der Waals surface area contributed by atoms with Crippen molar-refractivity contribution < 1.29 is 14.6 Å². The van der Waals surface area contributed by atoms with Crippen molar-refractivity contribution in [3.8, 4) is 5.75 Å². The summed E-state index contributed by atoms with van der Waals surface area (Å²) in [5.74, 6) is 0.0469. The number of ether oxygens (including phenoxy) is 1.